The smallest absolute Gasteiger partial charge is 0.461 e. The van der Waals surface area contributed by atoms with Crippen molar-refractivity contribution in [1.29, 1.82) is 0 Å². The lowest BCUT2D eigenvalue weighted by Gasteiger charge is -2.26. The standard InChI is InChI=1S/C19H14BrF3O7/c20-14-9-5-10-13(17(26)30-15(10)14)12(9)16(25)28-6-11(24)7-1-3-8(4-2-7)29-18(27)19(21,22)23/h1-4,9-10,12-15H,5-6H2/t9-,10-,12-,13-,14-,15+/m1/s1. The molecule has 1 aliphatic heterocycles. The minimum atomic E-state index is -5.14. The van der Waals surface area contributed by atoms with Gasteiger partial charge >= 0.3 is 24.1 Å². The Kier molecular flexibility index (Phi) is 5.11. The Morgan fingerprint density at radius 3 is 2.43 bits per heavy atom. The summed E-state index contributed by atoms with van der Waals surface area (Å²) in [5.74, 6) is -5.81. The Bertz CT molecular complexity index is 914. The zero-order valence-electron chi connectivity index (χ0n) is 15.1. The lowest BCUT2D eigenvalue weighted by Crippen LogP contribution is -2.39. The minimum absolute atomic E-state index is 0.0351. The van der Waals surface area contributed by atoms with E-state index in [2.05, 4.69) is 20.7 Å². The number of alkyl halides is 4. The molecule has 30 heavy (non-hydrogen) atoms. The predicted octanol–water partition coefficient (Wildman–Crippen LogP) is 2.45. The average Bonchev–Trinajstić information content (AvgIpc) is 3.30. The summed E-state index contributed by atoms with van der Waals surface area (Å²) in [6, 6.07) is 4.36. The normalized spacial score (nSPS) is 31.4. The highest BCUT2D eigenvalue weighted by molar-refractivity contribution is 9.09. The summed E-state index contributed by atoms with van der Waals surface area (Å²) in [7, 11) is 0. The minimum Gasteiger partial charge on any atom is -0.461 e. The van der Waals surface area contributed by atoms with Gasteiger partial charge in [-0.1, -0.05) is 15.9 Å². The van der Waals surface area contributed by atoms with Crippen LogP contribution >= 0.6 is 15.9 Å². The van der Waals surface area contributed by atoms with Crippen LogP contribution in [0.5, 0.6) is 5.75 Å². The molecule has 1 saturated heterocycles. The highest BCUT2D eigenvalue weighted by atomic mass is 79.9. The molecule has 4 rings (SSSR count). The second kappa shape index (κ2) is 7.36. The number of fused-ring (bicyclic) bond motifs is 1. The molecule has 2 aliphatic carbocycles. The molecule has 6 atom stereocenters. The van der Waals surface area contributed by atoms with Gasteiger partial charge in [-0.25, -0.2) is 4.79 Å². The molecular weight excluding hydrogens is 477 g/mol. The first-order valence-corrected chi connectivity index (χ1v) is 9.93. The number of ketones is 1. The Hall–Kier alpha value is -2.43. The van der Waals surface area contributed by atoms with Crippen molar-refractivity contribution in [2.75, 3.05) is 6.61 Å². The fraction of sp³-hybridized carbons (Fsp3) is 0.474. The van der Waals surface area contributed by atoms with E-state index in [1.807, 2.05) is 0 Å². The number of ether oxygens (including phenoxy) is 3. The topological polar surface area (TPSA) is 96.0 Å². The maximum Gasteiger partial charge on any atom is 0.491 e. The van der Waals surface area contributed by atoms with Crippen molar-refractivity contribution in [2.45, 2.75) is 23.5 Å². The summed E-state index contributed by atoms with van der Waals surface area (Å²) in [6.07, 6.45) is -4.70. The molecule has 1 heterocycles. The van der Waals surface area contributed by atoms with Crippen LogP contribution in [0.2, 0.25) is 0 Å². The molecule has 160 valence electrons. The van der Waals surface area contributed by atoms with Gasteiger partial charge in [-0.3, -0.25) is 14.4 Å². The largest absolute Gasteiger partial charge is 0.491 e. The predicted molar refractivity (Wildman–Crippen MR) is 94.6 cm³/mol. The van der Waals surface area contributed by atoms with Gasteiger partial charge in [-0.2, -0.15) is 13.2 Å². The van der Waals surface area contributed by atoms with Crippen molar-refractivity contribution >= 4 is 39.6 Å². The van der Waals surface area contributed by atoms with E-state index in [1.165, 1.54) is 0 Å². The summed E-state index contributed by atoms with van der Waals surface area (Å²) in [4.78, 5) is 47.5. The summed E-state index contributed by atoms with van der Waals surface area (Å²) >= 11 is 3.48. The van der Waals surface area contributed by atoms with Crippen molar-refractivity contribution in [1.82, 2.24) is 0 Å². The van der Waals surface area contributed by atoms with Crippen LogP contribution in [0.15, 0.2) is 24.3 Å². The monoisotopic (exact) mass is 490 g/mol. The number of esters is 3. The number of hydrogen-bond acceptors (Lipinski definition) is 7. The average molecular weight is 491 g/mol. The van der Waals surface area contributed by atoms with Crippen LogP contribution in [0.25, 0.3) is 0 Å². The number of rotatable bonds is 5. The Labute approximate surface area is 176 Å². The van der Waals surface area contributed by atoms with Crippen LogP contribution in [0.3, 0.4) is 0 Å². The zero-order valence-corrected chi connectivity index (χ0v) is 16.6. The van der Waals surface area contributed by atoms with Gasteiger partial charge in [0, 0.05) is 11.5 Å². The van der Waals surface area contributed by atoms with Crippen LogP contribution in [0.1, 0.15) is 16.8 Å². The first-order chi connectivity index (χ1) is 14.1. The molecule has 0 aromatic heterocycles. The van der Waals surface area contributed by atoms with Gasteiger partial charge in [-0.15, -0.1) is 0 Å². The second-order valence-electron chi connectivity index (χ2n) is 7.40. The van der Waals surface area contributed by atoms with Crippen LogP contribution in [0.4, 0.5) is 13.2 Å². The van der Waals surface area contributed by atoms with Crippen molar-refractivity contribution in [3.05, 3.63) is 29.8 Å². The van der Waals surface area contributed by atoms with Crippen molar-refractivity contribution in [3.63, 3.8) is 0 Å². The van der Waals surface area contributed by atoms with E-state index in [1.54, 1.807) is 0 Å². The molecule has 2 bridgehead atoms. The van der Waals surface area contributed by atoms with Crippen molar-refractivity contribution in [2.24, 2.45) is 23.7 Å². The molecule has 0 radical (unpaired) electrons. The number of Topliss-reactive ketones (excluding diaryl/α,β-unsaturated/α-hetero) is 1. The molecule has 11 heteroatoms. The molecule has 3 fully saturated rings. The summed E-state index contributed by atoms with van der Waals surface area (Å²) in [5.41, 5.74) is 0.0567. The molecule has 0 N–H and O–H groups in total. The Morgan fingerprint density at radius 1 is 1.13 bits per heavy atom. The van der Waals surface area contributed by atoms with E-state index in [-0.39, 0.29) is 34.1 Å². The number of carbonyl (C=O) groups is 4. The summed E-state index contributed by atoms with van der Waals surface area (Å²) in [5, 5.41) is 0. The van der Waals surface area contributed by atoms with Crippen LogP contribution in [-0.4, -0.2) is 47.4 Å². The molecule has 1 aromatic rings. The highest BCUT2D eigenvalue weighted by Crippen LogP contribution is 2.60. The summed E-state index contributed by atoms with van der Waals surface area (Å²) < 4.78 is 51.2. The summed E-state index contributed by atoms with van der Waals surface area (Å²) in [6.45, 7) is -0.591. The number of carbonyl (C=O) groups excluding carboxylic acids is 4. The number of halogens is 4. The molecule has 0 spiro atoms. The molecule has 0 amide bonds. The first kappa shape index (κ1) is 20.8. The third kappa shape index (κ3) is 3.48. The van der Waals surface area contributed by atoms with Crippen LogP contribution < -0.4 is 4.74 Å². The third-order valence-corrected chi connectivity index (χ3v) is 6.96. The van der Waals surface area contributed by atoms with Gasteiger partial charge in [-0.05, 0) is 36.6 Å². The zero-order chi connectivity index (χ0) is 21.8. The molecule has 0 unspecified atom stereocenters. The second-order valence-corrected chi connectivity index (χ2v) is 8.46. The van der Waals surface area contributed by atoms with Gasteiger partial charge in [0.25, 0.3) is 0 Å². The maximum atomic E-state index is 12.6. The third-order valence-electron chi connectivity index (χ3n) is 5.76. The van der Waals surface area contributed by atoms with E-state index in [4.69, 9.17) is 9.47 Å². The van der Waals surface area contributed by atoms with Crippen LogP contribution in [0, 0.1) is 23.7 Å². The van der Waals surface area contributed by atoms with Gasteiger partial charge < -0.3 is 14.2 Å². The number of hydrogen-bond donors (Lipinski definition) is 0. The lowest BCUT2D eigenvalue weighted by molar-refractivity contribution is -0.189. The quantitative estimate of drug-likeness (QED) is 0.270. The Balaban J connectivity index is 1.34. The van der Waals surface area contributed by atoms with E-state index < -0.39 is 48.3 Å². The fourth-order valence-corrected chi connectivity index (χ4v) is 5.53. The fourth-order valence-electron chi connectivity index (χ4n) is 4.48. The highest BCUT2D eigenvalue weighted by Gasteiger charge is 2.68. The SMILES string of the molecule is O=C(COC(=O)[C@@H]1[C@H]2C[C@H]3[C@H](OC(=O)[C@H]31)[C@@H]2Br)c1ccc(OC(=O)C(F)(F)F)cc1. The van der Waals surface area contributed by atoms with Gasteiger partial charge in [0.1, 0.15) is 11.9 Å². The van der Waals surface area contributed by atoms with Crippen molar-refractivity contribution < 1.29 is 46.6 Å². The Morgan fingerprint density at radius 2 is 1.80 bits per heavy atom. The van der Waals surface area contributed by atoms with Gasteiger partial charge in [0.2, 0.25) is 0 Å². The van der Waals surface area contributed by atoms with E-state index in [9.17, 15) is 32.3 Å². The molecular formula is C19H14BrF3O7. The maximum absolute atomic E-state index is 12.6. The molecule has 1 aromatic carbocycles. The van der Waals surface area contributed by atoms with E-state index in [0.29, 0.717) is 6.42 Å². The van der Waals surface area contributed by atoms with Crippen LogP contribution in [-0.2, 0) is 23.9 Å². The van der Waals surface area contributed by atoms with Crippen molar-refractivity contribution in [3.8, 4) is 5.75 Å². The molecule has 3 aliphatic rings. The number of benzene rings is 1. The van der Waals surface area contributed by atoms with E-state index in [0.717, 1.165) is 24.3 Å². The first-order valence-electron chi connectivity index (χ1n) is 9.01. The van der Waals surface area contributed by atoms with E-state index >= 15 is 0 Å². The molecule has 2 saturated carbocycles. The lowest BCUT2D eigenvalue weighted by atomic mass is 9.80. The molecule has 7 nitrogen and oxygen atoms in total. The van der Waals surface area contributed by atoms with Gasteiger partial charge in [0.05, 0.1) is 16.7 Å². The van der Waals surface area contributed by atoms with Gasteiger partial charge in [0.15, 0.2) is 12.4 Å².